The first-order valence-electron chi connectivity index (χ1n) is 8.54. The van der Waals surface area contributed by atoms with Gasteiger partial charge in [-0.15, -0.1) is 0 Å². The van der Waals surface area contributed by atoms with E-state index in [4.69, 9.17) is 23.2 Å². The zero-order chi connectivity index (χ0) is 21.8. The van der Waals surface area contributed by atoms with Crippen molar-refractivity contribution in [3.8, 4) is 0 Å². The lowest BCUT2D eigenvalue weighted by Crippen LogP contribution is -2.19. The van der Waals surface area contributed by atoms with E-state index < -0.39 is 21.9 Å². The van der Waals surface area contributed by atoms with Crippen LogP contribution in [-0.4, -0.2) is 41.6 Å². The van der Waals surface area contributed by atoms with Gasteiger partial charge in [-0.05, 0) is 13.0 Å². The second kappa shape index (κ2) is 9.58. The number of rotatable bonds is 8. The standard InChI is InChI=1S/C19H21Cl2N3O4S/c1-4-5-6-14(20)12(2)24-13(11-25)9-16(26)17-18(24)15(21)10-23-19(17)22-7-8-29(3,27)28/h4-6,9-10,25H,2,7-8,11H2,1,3H3,(H,22,23)/b5-4-,14-6+. The number of halogens is 2. The van der Waals surface area contributed by atoms with Crippen LogP contribution in [0.2, 0.25) is 5.02 Å². The highest BCUT2D eigenvalue weighted by Crippen LogP contribution is 2.31. The van der Waals surface area contributed by atoms with Gasteiger partial charge in [-0.3, -0.25) is 4.79 Å². The van der Waals surface area contributed by atoms with E-state index in [1.54, 1.807) is 18.2 Å². The minimum atomic E-state index is -3.20. The average molecular weight is 458 g/mol. The summed E-state index contributed by atoms with van der Waals surface area (Å²) >= 11 is 12.7. The highest BCUT2D eigenvalue weighted by Gasteiger charge is 2.19. The van der Waals surface area contributed by atoms with Crippen LogP contribution in [0.4, 0.5) is 5.82 Å². The topological polar surface area (TPSA) is 101 Å². The molecule has 2 heterocycles. The van der Waals surface area contributed by atoms with Gasteiger partial charge >= 0.3 is 0 Å². The molecule has 0 fully saturated rings. The van der Waals surface area contributed by atoms with E-state index in [0.29, 0.717) is 5.70 Å². The summed E-state index contributed by atoms with van der Waals surface area (Å²) < 4.78 is 24.3. The van der Waals surface area contributed by atoms with Crippen molar-refractivity contribution in [1.29, 1.82) is 0 Å². The summed E-state index contributed by atoms with van der Waals surface area (Å²) in [5.74, 6) is 0.0458. The van der Waals surface area contributed by atoms with E-state index in [9.17, 15) is 18.3 Å². The number of fused-ring (bicyclic) bond motifs is 1. The largest absolute Gasteiger partial charge is 0.390 e. The quantitative estimate of drug-likeness (QED) is 0.590. The minimum absolute atomic E-state index is 0.0622. The van der Waals surface area contributed by atoms with Crippen molar-refractivity contribution < 1.29 is 13.5 Å². The maximum Gasteiger partial charge on any atom is 0.193 e. The Hall–Kier alpha value is -2.13. The Kier molecular flexibility index (Phi) is 7.65. The summed E-state index contributed by atoms with van der Waals surface area (Å²) in [7, 11) is -3.20. The SMILES string of the molecule is C=C(/C(Cl)=C\C=C/C)n1c(CO)cc(=O)c2c(NCCS(C)(=O)=O)ncc(Cl)c21. The highest BCUT2D eigenvalue weighted by atomic mass is 35.5. The number of hydrogen-bond acceptors (Lipinski definition) is 6. The fraction of sp³-hybridized carbons (Fsp3) is 0.263. The first-order chi connectivity index (χ1) is 13.6. The molecule has 0 saturated heterocycles. The number of aliphatic hydroxyl groups excluding tert-OH is 1. The number of pyridine rings is 2. The van der Waals surface area contributed by atoms with E-state index in [0.717, 1.165) is 6.26 Å². The summed E-state index contributed by atoms with van der Waals surface area (Å²) in [6.45, 7) is 5.41. The predicted octanol–water partition coefficient (Wildman–Crippen LogP) is 3.17. The molecule has 0 aliphatic heterocycles. The molecule has 0 aliphatic carbocycles. The van der Waals surface area contributed by atoms with Gasteiger partial charge in [0.1, 0.15) is 15.7 Å². The fourth-order valence-electron chi connectivity index (χ4n) is 2.66. The van der Waals surface area contributed by atoms with E-state index in [2.05, 4.69) is 16.9 Å². The third kappa shape index (κ3) is 5.48. The van der Waals surface area contributed by atoms with E-state index in [1.807, 2.05) is 6.92 Å². The molecule has 2 rings (SSSR count). The van der Waals surface area contributed by atoms with Gasteiger partial charge in [-0.2, -0.15) is 0 Å². The fourth-order valence-corrected chi connectivity index (χ4v) is 3.52. The molecule has 0 radical (unpaired) electrons. The average Bonchev–Trinajstić information content (AvgIpc) is 2.66. The summed E-state index contributed by atoms with van der Waals surface area (Å²) in [4.78, 5) is 16.9. The molecule has 0 aromatic carbocycles. The van der Waals surface area contributed by atoms with Crippen molar-refractivity contribution in [3.05, 3.63) is 63.0 Å². The third-order valence-electron chi connectivity index (χ3n) is 3.97. The smallest absolute Gasteiger partial charge is 0.193 e. The zero-order valence-electron chi connectivity index (χ0n) is 15.9. The maximum absolute atomic E-state index is 12.7. The molecule has 0 saturated carbocycles. The predicted molar refractivity (Wildman–Crippen MR) is 119 cm³/mol. The van der Waals surface area contributed by atoms with Gasteiger partial charge in [0.05, 0.1) is 50.9 Å². The number of aromatic nitrogens is 2. The second-order valence-electron chi connectivity index (χ2n) is 6.22. The first-order valence-corrected chi connectivity index (χ1v) is 11.4. The Bertz CT molecular complexity index is 1170. The molecule has 2 N–H and O–H groups in total. The number of hydrogen-bond donors (Lipinski definition) is 2. The van der Waals surface area contributed by atoms with Crippen LogP contribution in [0.15, 0.2) is 46.9 Å². The normalized spacial score (nSPS) is 12.7. The molecule has 0 atom stereocenters. The lowest BCUT2D eigenvalue weighted by Gasteiger charge is -2.19. The molecule has 0 aliphatic rings. The van der Waals surface area contributed by atoms with Crippen LogP contribution in [0.25, 0.3) is 16.6 Å². The number of nitrogens with zero attached hydrogens (tertiary/aromatic N) is 2. The lowest BCUT2D eigenvalue weighted by molar-refractivity contribution is 0.274. The van der Waals surface area contributed by atoms with Crippen molar-refractivity contribution >= 4 is 55.5 Å². The van der Waals surface area contributed by atoms with Crippen molar-refractivity contribution in [1.82, 2.24) is 9.55 Å². The van der Waals surface area contributed by atoms with Crippen LogP contribution in [0.5, 0.6) is 0 Å². The Labute approximate surface area is 178 Å². The summed E-state index contributed by atoms with van der Waals surface area (Å²) in [5, 5.41) is 13.2. The molecule has 2 aromatic rings. The third-order valence-corrected chi connectivity index (χ3v) is 5.54. The van der Waals surface area contributed by atoms with Gasteiger partial charge in [-0.1, -0.05) is 41.9 Å². The number of anilines is 1. The Morgan fingerprint density at radius 2 is 2.14 bits per heavy atom. The molecule has 2 aromatic heterocycles. The molecule has 0 bridgehead atoms. The summed E-state index contributed by atoms with van der Waals surface area (Å²) in [6, 6.07) is 1.24. The minimum Gasteiger partial charge on any atom is -0.390 e. The second-order valence-corrected chi connectivity index (χ2v) is 9.29. The molecular weight excluding hydrogens is 437 g/mol. The van der Waals surface area contributed by atoms with Gasteiger partial charge in [0.2, 0.25) is 0 Å². The number of aliphatic hydroxyl groups is 1. The Morgan fingerprint density at radius 1 is 1.45 bits per heavy atom. The van der Waals surface area contributed by atoms with Gasteiger partial charge in [0.15, 0.2) is 5.43 Å². The highest BCUT2D eigenvalue weighted by molar-refractivity contribution is 7.90. The van der Waals surface area contributed by atoms with Crippen LogP contribution >= 0.6 is 23.2 Å². The van der Waals surface area contributed by atoms with Gasteiger partial charge < -0.3 is 15.0 Å². The molecule has 0 amide bonds. The van der Waals surface area contributed by atoms with E-state index in [1.165, 1.54) is 16.8 Å². The lowest BCUT2D eigenvalue weighted by atomic mass is 10.1. The molecular formula is C19H21Cl2N3O4S. The van der Waals surface area contributed by atoms with Gasteiger partial charge in [-0.25, -0.2) is 13.4 Å². The van der Waals surface area contributed by atoms with Crippen molar-refractivity contribution in [2.45, 2.75) is 13.5 Å². The Balaban J connectivity index is 2.74. The van der Waals surface area contributed by atoms with Gasteiger partial charge in [0, 0.05) is 18.9 Å². The van der Waals surface area contributed by atoms with Gasteiger partial charge in [0.25, 0.3) is 0 Å². The molecule has 7 nitrogen and oxygen atoms in total. The van der Waals surface area contributed by atoms with Crippen molar-refractivity contribution in [3.63, 3.8) is 0 Å². The molecule has 0 unspecified atom stereocenters. The summed E-state index contributed by atoms with van der Waals surface area (Å²) in [5.41, 5.74) is 0.374. The van der Waals surface area contributed by atoms with Crippen molar-refractivity contribution in [2.75, 3.05) is 23.9 Å². The van der Waals surface area contributed by atoms with E-state index in [-0.39, 0.29) is 44.8 Å². The van der Waals surface area contributed by atoms with Crippen molar-refractivity contribution in [2.24, 2.45) is 0 Å². The van der Waals surface area contributed by atoms with Crippen LogP contribution in [0.3, 0.4) is 0 Å². The molecule has 29 heavy (non-hydrogen) atoms. The molecule has 0 spiro atoms. The monoisotopic (exact) mass is 457 g/mol. The maximum atomic E-state index is 12.7. The van der Waals surface area contributed by atoms with E-state index >= 15 is 0 Å². The summed E-state index contributed by atoms with van der Waals surface area (Å²) in [6.07, 6.45) is 7.58. The molecule has 156 valence electrons. The Morgan fingerprint density at radius 3 is 2.72 bits per heavy atom. The van der Waals surface area contributed by atoms with Crippen LogP contribution in [0.1, 0.15) is 12.6 Å². The van der Waals surface area contributed by atoms with Crippen LogP contribution in [-0.2, 0) is 16.4 Å². The zero-order valence-corrected chi connectivity index (χ0v) is 18.3. The first kappa shape index (κ1) is 23.2. The van der Waals surface area contributed by atoms with Crippen LogP contribution < -0.4 is 10.7 Å². The number of allylic oxidation sites excluding steroid dienone is 5. The number of nitrogens with one attached hydrogen (secondary N) is 1. The number of sulfone groups is 1. The van der Waals surface area contributed by atoms with Crippen LogP contribution in [0, 0.1) is 0 Å². The molecule has 10 heteroatoms.